The van der Waals surface area contributed by atoms with Gasteiger partial charge in [-0.1, -0.05) is 61.1 Å². The van der Waals surface area contributed by atoms with Gasteiger partial charge in [0.05, 0.1) is 5.56 Å². The van der Waals surface area contributed by atoms with Crippen molar-refractivity contribution in [2.24, 2.45) is 0 Å². The van der Waals surface area contributed by atoms with Crippen LogP contribution in [0.5, 0.6) is 0 Å². The summed E-state index contributed by atoms with van der Waals surface area (Å²) in [4.78, 5) is 25.5. The average molecular weight is 472 g/mol. The number of rotatable bonds is 1. The van der Waals surface area contributed by atoms with Crippen LogP contribution in [0, 0.1) is 6.92 Å². The van der Waals surface area contributed by atoms with Crippen molar-refractivity contribution in [3.63, 3.8) is 0 Å². The highest BCUT2D eigenvalue weighted by molar-refractivity contribution is 7.01. The molecule has 1 amide bonds. The maximum absolute atomic E-state index is 13.0. The van der Waals surface area contributed by atoms with Crippen molar-refractivity contribution in [1.29, 1.82) is 0 Å². The zero-order valence-corrected chi connectivity index (χ0v) is 21.4. The summed E-state index contributed by atoms with van der Waals surface area (Å²) >= 11 is 0. The van der Waals surface area contributed by atoms with E-state index in [1.165, 1.54) is 10.8 Å². The van der Waals surface area contributed by atoms with Crippen LogP contribution in [0.3, 0.4) is 0 Å². The van der Waals surface area contributed by atoms with Crippen molar-refractivity contribution in [3.8, 4) is 0 Å². The zero-order valence-electron chi connectivity index (χ0n) is 20.4. The number of anilines is 1. The molecule has 174 valence electrons. The second-order valence-corrected chi connectivity index (χ2v) is 15.0. The van der Waals surface area contributed by atoms with Crippen LogP contribution in [0.1, 0.15) is 53.4 Å². The molecule has 6 heteroatoms. The number of esters is 1. The summed E-state index contributed by atoms with van der Waals surface area (Å²) in [7, 11) is -2.21. The summed E-state index contributed by atoms with van der Waals surface area (Å²) < 4.78 is 11.8. The normalized spacial score (nSPS) is 19.6. The number of ether oxygens (including phenoxy) is 2. The molecule has 0 saturated heterocycles. The molecule has 1 atom stereocenters. The van der Waals surface area contributed by atoms with Gasteiger partial charge in [-0.15, -0.1) is 0 Å². The van der Waals surface area contributed by atoms with Gasteiger partial charge in [0, 0.05) is 22.4 Å². The Morgan fingerprint density at radius 1 is 0.941 bits per heavy atom. The second-order valence-electron chi connectivity index (χ2n) is 10.7. The smallest absolute Gasteiger partial charge is 0.412 e. The molecule has 3 aromatic carbocycles. The Morgan fingerprint density at radius 3 is 2.29 bits per heavy atom. The first-order valence-corrected chi connectivity index (χ1v) is 14.5. The Bertz CT molecular complexity index is 1350. The quantitative estimate of drug-likeness (QED) is 0.403. The third-order valence-electron chi connectivity index (χ3n) is 6.72. The Labute approximate surface area is 201 Å². The van der Waals surface area contributed by atoms with Crippen molar-refractivity contribution < 1.29 is 19.1 Å². The van der Waals surface area contributed by atoms with E-state index >= 15 is 0 Å². The lowest BCUT2D eigenvalue weighted by molar-refractivity contribution is 0.0255. The van der Waals surface area contributed by atoms with Crippen molar-refractivity contribution in [1.82, 2.24) is 0 Å². The summed E-state index contributed by atoms with van der Waals surface area (Å²) in [5.74, 6) is -0.314. The van der Waals surface area contributed by atoms with Crippen molar-refractivity contribution in [2.75, 3.05) is 5.32 Å². The van der Waals surface area contributed by atoms with E-state index in [9.17, 15) is 9.59 Å². The molecular formula is C28H29NO4Si. The number of aryl methyl sites for hydroxylation is 1. The molecule has 0 aromatic heterocycles. The maximum atomic E-state index is 13.0. The van der Waals surface area contributed by atoms with Gasteiger partial charge in [-0.3, -0.25) is 5.32 Å². The Hall–Kier alpha value is -3.38. The summed E-state index contributed by atoms with van der Waals surface area (Å²) in [5, 5.41) is 5.25. The number of benzene rings is 3. The molecule has 5 rings (SSSR count). The Balaban J connectivity index is 1.74. The highest BCUT2D eigenvalue weighted by atomic mass is 28.3. The van der Waals surface area contributed by atoms with Gasteiger partial charge in [0.1, 0.15) is 13.7 Å². The summed E-state index contributed by atoms with van der Waals surface area (Å²) in [6.45, 7) is 12.2. The molecule has 0 bridgehead atoms. The highest BCUT2D eigenvalue weighted by Gasteiger charge is 2.55. The average Bonchev–Trinajstić information content (AvgIpc) is 3.05. The van der Waals surface area contributed by atoms with Crippen LogP contribution in [0.2, 0.25) is 13.1 Å². The predicted molar refractivity (Wildman–Crippen MR) is 136 cm³/mol. The molecule has 0 fully saturated rings. The lowest BCUT2D eigenvalue weighted by Crippen LogP contribution is -2.63. The molecule has 0 radical (unpaired) electrons. The minimum atomic E-state index is -2.21. The van der Waals surface area contributed by atoms with E-state index < -0.39 is 25.4 Å². The van der Waals surface area contributed by atoms with Crippen LogP contribution in [0.25, 0.3) is 0 Å². The molecule has 2 aliphatic rings. The van der Waals surface area contributed by atoms with E-state index in [4.69, 9.17) is 9.47 Å². The number of carbonyl (C=O) groups is 2. The van der Waals surface area contributed by atoms with E-state index in [2.05, 4.69) is 43.5 Å². The van der Waals surface area contributed by atoms with Crippen LogP contribution >= 0.6 is 0 Å². The van der Waals surface area contributed by atoms with E-state index in [1.807, 2.05) is 63.2 Å². The van der Waals surface area contributed by atoms with Crippen LogP contribution in [-0.4, -0.2) is 25.7 Å². The molecule has 2 aliphatic heterocycles. The molecule has 5 nitrogen and oxygen atoms in total. The van der Waals surface area contributed by atoms with E-state index in [-0.39, 0.29) is 5.97 Å². The van der Waals surface area contributed by atoms with Gasteiger partial charge in [0.15, 0.2) is 5.60 Å². The Morgan fingerprint density at radius 2 is 1.59 bits per heavy atom. The van der Waals surface area contributed by atoms with Gasteiger partial charge in [-0.2, -0.15) is 0 Å². The number of carbonyl (C=O) groups excluding carboxylic acids is 2. The molecule has 2 heterocycles. The number of hydrogen-bond acceptors (Lipinski definition) is 4. The summed E-state index contributed by atoms with van der Waals surface area (Å²) in [5.41, 5.74) is 3.70. The molecule has 34 heavy (non-hydrogen) atoms. The third kappa shape index (κ3) is 3.28. The van der Waals surface area contributed by atoms with Crippen molar-refractivity contribution >= 4 is 36.2 Å². The lowest BCUT2D eigenvalue weighted by Gasteiger charge is -2.44. The highest BCUT2D eigenvalue weighted by Crippen LogP contribution is 2.48. The lowest BCUT2D eigenvalue weighted by atomic mass is 9.79. The van der Waals surface area contributed by atoms with Gasteiger partial charge in [-0.05, 0) is 56.3 Å². The van der Waals surface area contributed by atoms with Crippen molar-refractivity contribution in [3.05, 3.63) is 88.5 Å². The molecular weight excluding hydrogens is 442 g/mol. The maximum Gasteiger partial charge on any atom is 0.412 e. The molecule has 0 saturated carbocycles. The fraction of sp³-hybridized carbons (Fsp3) is 0.286. The SMILES string of the molecule is Cc1ccc2c(c1)[Si](C)(C)c1cc(NC(=O)OC(C)(C)C)ccc1C21OC(=O)c2ccccc21. The van der Waals surface area contributed by atoms with Crippen LogP contribution in [-0.2, 0) is 15.1 Å². The minimum Gasteiger partial charge on any atom is -0.444 e. The topological polar surface area (TPSA) is 64.6 Å². The fourth-order valence-electron chi connectivity index (χ4n) is 5.26. The van der Waals surface area contributed by atoms with Crippen LogP contribution in [0.15, 0.2) is 60.7 Å². The van der Waals surface area contributed by atoms with E-state index in [1.54, 1.807) is 0 Å². The fourth-order valence-corrected chi connectivity index (χ4v) is 8.52. The number of fused-ring (bicyclic) bond motifs is 6. The predicted octanol–water partition coefficient (Wildman–Crippen LogP) is 4.94. The number of hydrogen-bond donors (Lipinski definition) is 1. The molecule has 1 N–H and O–H groups in total. The third-order valence-corrected chi connectivity index (χ3v) is 10.2. The molecule has 1 spiro atoms. The summed E-state index contributed by atoms with van der Waals surface area (Å²) in [6.07, 6.45) is -0.494. The Kier molecular flexibility index (Phi) is 4.82. The monoisotopic (exact) mass is 471 g/mol. The summed E-state index contributed by atoms with van der Waals surface area (Å²) in [6, 6.07) is 20.0. The first-order chi connectivity index (χ1) is 15.9. The van der Waals surface area contributed by atoms with Crippen LogP contribution < -0.4 is 15.7 Å². The van der Waals surface area contributed by atoms with Gasteiger partial charge >= 0.3 is 12.1 Å². The first-order valence-electron chi connectivity index (χ1n) is 11.5. The van der Waals surface area contributed by atoms with Crippen molar-refractivity contribution in [2.45, 2.75) is 52.0 Å². The van der Waals surface area contributed by atoms with E-state index in [0.717, 1.165) is 21.9 Å². The zero-order chi connectivity index (χ0) is 24.5. The number of amides is 1. The van der Waals surface area contributed by atoms with E-state index in [0.29, 0.717) is 11.3 Å². The number of nitrogens with one attached hydrogen (secondary N) is 1. The van der Waals surface area contributed by atoms with Gasteiger partial charge in [-0.25, -0.2) is 9.59 Å². The minimum absolute atomic E-state index is 0.314. The van der Waals surface area contributed by atoms with Gasteiger partial charge < -0.3 is 9.47 Å². The van der Waals surface area contributed by atoms with Crippen LogP contribution in [0.4, 0.5) is 10.5 Å². The van der Waals surface area contributed by atoms with Gasteiger partial charge in [0.2, 0.25) is 0 Å². The molecule has 3 aromatic rings. The molecule has 0 aliphatic carbocycles. The second kappa shape index (κ2) is 7.31. The van der Waals surface area contributed by atoms with Gasteiger partial charge in [0.25, 0.3) is 0 Å². The largest absolute Gasteiger partial charge is 0.444 e. The molecule has 1 unspecified atom stereocenters. The standard InChI is InChI=1S/C28H29NO4Si/c1-17-11-13-21-23(15-17)34(5,6)24-16-18(29-26(31)33-27(2,3)4)12-14-22(24)28(21)20-10-8-7-9-19(20)25(30)32-28/h7-16H,1-6H3,(H,29,31). The first kappa shape index (κ1) is 22.4.